The number of nitrogens with one attached hydrogen (secondary N) is 2. The molecule has 8 heteroatoms. The third kappa shape index (κ3) is 2.30. The number of hydrogen-bond donors (Lipinski definition) is 2. The molecule has 0 saturated carbocycles. The lowest BCUT2D eigenvalue weighted by atomic mass is 10.0. The minimum absolute atomic E-state index is 0.0582. The smallest absolute Gasteiger partial charge is 0.264 e. The number of pyridine rings is 1. The maximum absolute atomic E-state index is 14.4. The number of fused-ring (bicyclic) bond motifs is 1. The molecule has 3 aromatic rings. The fourth-order valence-corrected chi connectivity index (χ4v) is 2.88. The summed E-state index contributed by atoms with van der Waals surface area (Å²) in [6.45, 7) is 0.191. The number of carbonyl (C=O) groups is 1. The van der Waals surface area contributed by atoms with Crippen molar-refractivity contribution in [3.05, 3.63) is 69.5 Å². The fourth-order valence-electron chi connectivity index (χ4n) is 2.88. The molecule has 1 aliphatic rings. The van der Waals surface area contributed by atoms with Gasteiger partial charge in [0, 0.05) is 12.3 Å². The number of rotatable bonds is 2. The number of halogens is 1. The number of aromatic nitrogens is 3. The van der Waals surface area contributed by atoms with Gasteiger partial charge in [0.15, 0.2) is 0 Å². The van der Waals surface area contributed by atoms with Gasteiger partial charge < -0.3 is 5.32 Å². The first kappa shape index (κ1) is 14.8. The normalized spacial score (nSPS) is 12.6. The molecular weight excluding hydrogens is 325 g/mol. The molecule has 0 atom stereocenters. The summed E-state index contributed by atoms with van der Waals surface area (Å²) in [6.07, 6.45) is 1.47. The number of benzene rings is 1. The summed E-state index contributed by atoms with van der Waals surface area (Å²) < 4.78 is 15.7. The Morgan fingerprint density at radius 1 is 1.24 bits per heavy atom. The van der Waals surface area contributed by atoms with Crippen LogP contribution in [0.5, 0.6) is 0 Å². The number of aromatic amines is 1. The molecule has 0 unspecified atom stereocenters. The summed E-state index contributed by atoms with van der Waals surface area (Å²) in [5, 5.41) is 14.5. The Hall–Kier alpha value is -3.73. The molecule has 2 N–H and O–H groups in total. The van der Waals surface area contributed by atoms with E-state index in [1.165, 1.54) is 41.2 Å². The summed E-state index contributed by atoms with van der Waals surface area (Å²) >= 11 is 0. The van der Waals surface area contributed by atoms with Crippen molar-refractivity contribution < 1.29 is 9.18 Å². The molecule has 0 radical (unpaired) electrons. The molecule has 1 amide bonds. The fraction of sp³-hybridized carbons (Fsp3) is 0.0588. The highest BCUT2D eigenvalue weighted by molar-refractivity contribution is 6.01. The largest absolute Gasteiger partial charge is 0.346 e. The van der Waals surface area contributed by atoms with Crippen LogP contribution >= 0.6 is 0 Å². The van der Waals surface area contributed by atoms with Crippen molar-refractivity contribution in [2.24, 2.45) is 0 Å². The maximum atomic E-state index is 14.4. The van der Waals surface area contributed by atoms with Gasteiger partial charge in [0.05, 0.1) is 46.4 Å². The zero-order chi connectivity index (χ0) is 17.6. The van der Waals surface area contributed by atoms with Crippen LogP contribution in [0.4, 0.5) is 4.39 Å². The van der Waals surface area contributed by atoms with Gasteiger partial charge in [-0.1, -0.05) is 6.07 Å². The van der Waals surface area contributed by atoms with Crippen LogP contribution in [0.25, 0.3) is 16.9 Å². The van der Waals surface area contributed by atoms with Crippen LogP contribution in [-0.4, -0.2) is 20.7 Å². The summed E-state index contributed by atoms with van der Waals surface area (Å²) in [5.74, 6) is -0.914. The van der Waals surface area contributed by atoms with E-state index in [1.54, 1.807) is 0 Å². The molecule has 0 fully saturated rings. The van der Waals surface area contributed by atoms with Crippen LogP contribution in [0.2, 0.25) is 0 Å². The molecule has 0 spiro atoms. The predicted molar refractivity (Wildman–Crippen MR) is 85.5 cm³/mol. The van der Waals surface area contributed by atoms with Gasteiger partial charge in [-0.15, -0.1) is 0 Å². The third-order valence-electron chi connectivity index (χ3n) is 3.97. The zero-order valence-electron chi connectivity index (χ0n) is 12.7. The van der Waals surface area contributed by atoms with Crippen molar-refractivity contribution in [2.75, 3.05) is 0 Å². The lowest BCUT2D eigenvalue weighted by molar-refractivity contribution is 0.0965. The van der Waals surface area contributed by atoms with E-state index in [9.17, 15) is 19.2 Å². The Morgan fingerprint density at radius 2 is 2.08 bits per heavy atom. The molecule has 1 aliphatic heterocycles. The van der Waals surface area contributed by atoms with Gasteiger partial charge in [-0.25, -0.2) is 9.37 Å². The molecule has 0 aliphatic carbocycles. The first-order valence-electron chi connectivity index (χ1n) is 7.37. The molecular formula is C17H10FN5O2. The van der Waals surface area contributed by atoms with Crippen LogP contribution in [0.3, 0.4) is 0 Å². The second-order valence-corrected chi connectivity index (χ2v) is 5.47. The van der Waals surface area contributed by atoms with Gasteiger partial charge >= 0.3 is 0 Å². The molecule has 7 nitrogen and oxygen atoms in total. The average molecular weight is 335 g/mol. The Morgan fingerprint density at radius 3 is 2.80 bits per heavy atom. The summed E-state index contributed by atoms with van der Waals surface area (Å²) in [5.41, 5.74) is 1.18. The topological polar surface area (TPSA) is 104 Å². The SMILES string of the molecule is N#Cc1cccc(F)c1-c1cc(-n2ccc(=O)[nH]2)c2c(n1)CNC2=O. The first-order chi connectivity index (χ1) is 12.1. The average Bonchev–Trinajstić information content (AvgIpc) is 3.20. The van der Waals surface area contributed by atoms with Crippen LogP contribution in [0.15, 0.2) is 41.3 Å². The minimum Gasteiger partial charge on any atom is -0.346 e. The highest BCUT2D eigenvalue weighted by Crippen LogP contribution is 2.30. The van der Waals surface area contributed by atoms with Gasteiger partial charge in [0.2, 0.25) is 0 Å². The van der Waals surface area contributed by atoms with E-state index >= 15 is 0 Å². The second kappa shape index (κ2) is 5.42. The number of nitriles is 1. The van der Waals surface area contributed by atoms with Crippen molar-refractivity contribution in [2.45, 2.75) is 6.54 Å². The molecule has 0 saturated heterocycles. The predicted octanol–water partition coefficient (Wildman–Crippen LogP) is 1.48. The summed E-state index contributed by atoms with van der Waals surface area (Å²) in [7, 11) is 0. The maximum Gasteiger partial charge on any atom is 0.264 e. The summed E-state index contributed by atoms with van der Waals surface area (Å²) in [4.78, 5) is 27.9. The number of H-pyrrole nitrogens is 1. The zero-order valence-corrected chi connectivity index (χ0v) is 12.7. The number of amides is 1. The van der Waals surface area contributed by atoms with Crippen molar-refractivity contribution in [1.29, 1.82) is 5.26 Å². The molecule has 4 rings (SSSR count). The number of hydrogen-bond acceptors (Lipinski definition) is 4. The molecule has 1 aromatic carbocycles. The van der Waals surface area contributed by atoms with E-state index in [-0.39, 0.29) is 34.8 Å². The van der Waals surface area contributed by atoms with Crippen LogP contribution in [0.1, 0.15) is 21.6 Å². The first-order valence-corrected chi connectivity index (χ1v) is 7.37. The van der Waals surface area contributed by atoms with Gasteiger partial charge in [0.1, 0.15) is 5.82 Å². The van der Waals surface area contributed by atoms with Crippen LogP contribution in [-0.2, 0) is 6.54 Å². The quantitative estimate of drug-likeness (QED) is 0.740. The van der Waals surface area contributed by atoms with Gasteiger partial charge in [-0.3, -0.25) is 19.4 Å². The van der Waals surface area contributed by atoms with Gasteiger partial charge in [-0.2, -0.15) is 5.26 Å². The van der Waals surface area contributed by atoms with Gasteiger partial charge in [0.25, 0.3) is 11.5 Å². The van der Waals surface area contributed by atoms with E-state index in [1.807, 2.05) is 6.07 Å². The molecule has 3 heterocycles. The Kier molecular flexibility index (Phi) is 3.22. The van der Waals surface area contributed by atoms with Crippen LogP contribution in [0, 0.1) is 17.1 Å². The van der Waals surface area contributed by atoms with E-state index in [2.05, 4.69) is 15.4 Å². The number of carbonyl (C=O) groups excluding carboxylic acids is 1. The third-order valence-corrected chi connectivity index (χ3v) is 3.97. The number of nitrogens with zero attached hydrogens (tertiary/aromatic N) is 3. The Bertz CT molecular complexity index is 1120. The van der Waals surface area contributed by atoms with E-state index < -0.39 is 5.82 Å². The molecule has 2 aromatic heterocycles. The van der Waals surface area contributed by atoms with E-state index in [4.69, 9.17) is 0 Å². The van der Waals surface area contributed by atoms with Crippen molar-refractivity contribution >= 4 is 5.91 Å². The Labute approximate surface area is 140 Å². The standard InChI is InChI=1S/C17H10FN5O2/c18-10-3-1-2-9(7-19)15(10)11-6-13(23-5-4-14(24)22-23)16-12(21-11)8-20-17(16)25/h1-6H,8H2,(H,20,25)(H,22,24). The summed E-state index contributed by atoms with van der Waals surface area (Å²) in [6, 6.07) is 8.92. The van der Waals surface area contributed by atoms with Crippen LogP contribution < -0.4 is 10.9 Å². The van der Waals surface area contributed by atoms with Crippen molar-refractivity contribution in [1.82, 2.24) is 20.1 Å². The lowest BCUT2D eigenvalue weighted by Crippen LogP contribution is -2.15. The highest BCUT2D eigenvalue weighted by atomic mass is 19.1. The lowest BCUT2D eigenvalue weighted by Gasteiger charge is -2.12. The van der Waals surface area contributed by atoms with Crippen molar-refractivity contribution in [3.63, 3.8) is 0 Å². The Balaban J connectivity index is 2.03. The van der Waals surface area contributed by atoms with Crippen molar-refractivity contribution in [3.8, 4) is 23.0 Å². The highest BCUT2D eigenvalue weighted by Gasteiger charge is 2.27. The van der Waals surface area contributed by atoms with Gasteiger partial charge in [-0.05, 0) is 18.2 Å². The minimum atomic E-state index is -0.587. The second-order valence-electron chi connectivity index (χ2n) is 5.47. The molecule has 25 heavy (non-hydrogen) atoms. The molecule has 0 bridgehead atoms. The van der Waals surface area contributed by atoms with E-state index in [0.29, 0.717) is 16.9 Å². The molecule has 122 valence electrons. The monoisotopic (exact) mass is 335 g/mol. The van der Waals surface area contributed by atoms with E-state index in [0.717, 1.165) is 0 Å².